The third-order valence-corrected chi connectivity index (χ3v) is 8.05. The zero-order chi connectivity index (χ0) is 29.2. The summed E-state index contributed by atoms with van der Waals surface area (Å²) in [6.45, 7) is 6.65. The lowest BCUT2D eigenvalue weighted by molar-refractivity contribution is -0.115. The van der Waals surface area contributed by atoms with Gasteiger partial charge < -0.3 is 20.3 Å². The monoisotopic (exact) mass is 571 g/mol. The molecule has 4 rings (SSSR count). The highest BCUT2D eigenvalue weighted by molar-refractivity contribution is 7.07. The van der Waals surface area contributed by atoms with Crippen LogP contribution in [0.3, 0.4) is 0 Å². The average molecular weight is 572 g/mol. The maximum Gasteiger partial charge on any atom is 0.270 e. The summed E-state index contributed by atoms with van der Waals surface area (Å²) in [6.07, 6.45) is 2.51. The Hall–Kier alpha value is -4.58. The van der Waals surface area contributed by atoms with Crippen molar-refractivity contribution in [1.82, 2.24) is 14.8 Å². The lowest BCUT2D eigenvalue weighted by Gasteiger charge is -2.36. The molecule has 1 aliphatic heterocycles. The summed E-state index contributed by atoms with van der Waals surface area (Å²) in [6, 6.07) is 19.9. The van der Waals surface area contributed by atoms with Crippen LogP contribution in [0.2, 0.25) is 0 Å². The van der Waals surface area contributed by atoms with Gasteiger partial charge in [0, 0.05) is 51.2 Å². The molecule has 41 heavy (non-hydrogen) atoms. The molecule has 3 aromatic rings. The number of rotatable bonds is 10. The van der Waals surface area contributed by atoms with Crippen LogP contribution < -0.4 is 35.0 Å². The smallest absolute Gasteiger partial charge is 0.270 e. The number of nitrogens with zero attached hydrogens (tertiary/aromatic N) is 5. The van der Waals surface area contributed by atoms with E-state index in [1.54, 1.807) is 20.2 Å². The van der Waals surface area contributed by atoms with Crippen LogP contribution in [0.1, 0.15) is 12.5 Å². The SMILES string of the molecule is CCn1c(=C(C#N)C(=O)NCC#N)sc(=CNc2cccc(CCN3CCN(c4ccccc4OC)CC3)c2)c1=O. The van der Waals surface area contributed by atoms with E-state index in [1.165, 1.54) is 10.1 Å². The number of methoxy groups -OCH3 is 1. The normalized spacial score (nSPS) is 14.6. The maximum absolute atomic E-state index is 13.0. The van der Waals surface area contributed by atoms with Gasteiger partial charge in [0.25, 0.3) is 11.5 Å². The predicted molar refractivity (Wildman–Crippen MR) is 161 cm³/mol. The van der Waals surface area contributed by atoms with Gasteiger partial charge in [0.05, 0.1) is 18.9 Å². The second-order valence-electron chi connectivity index (χ2n) is 9.39. The van der Waals surface area contributed by atoms with Crippen LogP contribution in [0.4, 0.5) is 11.4 Å². The number of amides is 1. The van der Waals surface area contributed by atoms with E-state index in [0.717, 1.165) is 67.6 Å². The second kappa shape index (κ2) is 14.2. The number of ether oxygens (including phenoxy) is 1. The topological polar surface area (TPSA) is 126 Å². The van der Waals surface area contributed by atoms with Gasteiger partial charge >= 0.3 is 0 Å². The van der Waals surface area contributed by atoms with Gasteiger partial charge in [-0.05, 0) is 43.2 Å². The van der Waals surface area contributed by atoms with Gasteiger partial charge in [-0.25, -0.2) is 0 Å². The molecular weight excluding hydrogens is 538 g/mol. The van der Waals surface area contributed by atoms with E-state index >= 15 is 0 Å². The maximum atomic E-state index is 13.0. The molecule has 0 bridgehead atoms. The van der Waals surface area contributed by atoms with Crippen LogP contribution in [-0.4, -0.2) is 61.8 Å². The molecule has 2 N–H and O–H groups in total. The first kappa shape index (κ1) is 29.4. The largest absolute Gasteiger partial charge is 0.495 e. The number of piperazine rings is 1. The molecule has 1 saturated heterocycles. The minimum atomic E-state index is -0.675. The summed E-state index contributed by atoms with van der Waals surface area (Å²) in [5.74, 6) is 0.227. The Kier molecular flexibility index (Phi) is 10.2. The van der Waals surface area contributed by atoms with Gasteiger partial charge in [-0.15, -0.1) is 11.3 Å². The van der Waals surface area contributed by atoms with E-state index in [2.05, 4.69) is 38.6 Å². The Labute approximate surface area is 243 Å². The molecule has 2 heterocycles. The third kappa shape index (κ3) is 7.14. The quantitative estimate of drug-likeness (QED) is 0.351. The van der Waals surface area contributed by atoms with Crippen molar-refractivity contribution in [3.63, 3.8) is 0 Å². The van der Waals surface area contributed by atoms with Crippen LogP contribution >= 0.6 is 11.3 Å². The molecular formula is C30H33N7O3S. The average Bonchev–Trinajstić information content (AvgIpc) is 3.33. The van der Waals surface area contributed by atoms with Crippen LogP contribution in [0, 0.1) is 22.7 Å². The Balaban J connectivity index is 1.41. The first-order chi connectivity index (χ1) is 20.0. The molecule has 1 aromatic heterocycles. The fourth-order valence-corrected chi connectivity index (χ4v) is 5.84. The Bertz CT molecular complexity index is 1640. The summed E-state index contributed by atoms with van der Waals surface area (Å²) in [4.78, 5) is 30.2. The lowest BCUT2D eigenvalue weighted by Crippen LogP contribution is -2.47. The van der Waals surface area contributed by atoms with Crippen molar-refractivity contribution >= 4 is 40.4 Å². The molecule has 0 unspecified atom stereocenters. The molecule has 11 heteroatoms. The van der Waals surface area contributed by atoms with Crippen LogP contribution in [-0.2, 0) is 17.8 Å². The van der Waals surface area contributed by atoms with E-state index in [-0.39, 0.29) is 22.3 Å². The minimum absolute atomic E-state index is 0.186. The van der Waals surface area contributed by atoms with E-state index in [1.807, 2.05) is 42.5 Å². The van der Waals surface area contributed by atoms with Gasteiger partial charge in [-0.2, -0.15) is 10.5 Å². The molecule has 1 aliphatic rings. The minimum Gasteiger partial charge on any atom is -0.495 e. The Morgan fingerprint density at radius 3 is 2.61 bits per heavy atom. The number of carbonyl (C=O) groups excluding carboxylic acids is 1. The van der Waals surface area contributed by atoms with Crippen molar-refractivity contribution < 1.29 is 9.53 Å². The number of carbonyl (C=O) groups is 1. The molecule has 0 aliphatic carbocycles. The Morgan fingerprint density at radius 2 is 1.90 bits per heavy atom. The molecule has 0 saturated carbocycles. The van der Waals surface area contributed by atoms with E-state index < -0.39 is 5.91 Å². The van der Waals surface area contributed by atoms with Crippen molar-refractivity contribution in [2.75, 3.05) is 56.6 Å². The number of aromatic nitrogens is 1. The van der Waals surface area contributed by atoms with Gasteiger partial charge in [0.15, 0.2) is 5.57 Å². The molecule has 212 valence electrons. The van der Waals surface area contributed by atoms with E-state index in [0.29, 0.717) is 11.1 Å². The molecule has 0 spiro atoms. The number of anilines is 2. The first-order valence-electron chi connectivity index (χ1n) is 13.4. The summed E-state index contributed by atoms with van der Waals surface area (Å²) in [5.41, 5.74) is 2.69. The number of nitriles is 2. The first-order valence-corrected chi connectivity index (χ1v) is 14.3. The van der Waals surface area contributed by atoms with Crippen molar-refractivity contribution in [2.24, 2.45) is 0 Å². The standard InChI is InChI=1S/C30H33N7O3S/c1-3-37-29(39)27(41-30(37)24(20-32)28(38)33-13-12-31)21-34-23-8-6-7-22(19-23)11-14-35-15-17-36(18-16-35)25-9-4-5-10-26(25)40-2/h4-10,19,21,34H,3,11,13-18H2,1-2H3,(H,33,38). The fraction of sp³-hybridized carbons (Fsp3) is 0.333. The van der Waals surface area contributed by atoms with Crippen LogP contribution in [0.15, 0.2) is 53.3 Å². The zero-order valence-corrected chi connectivity index (χ0v) is 24.0. The summed E-state index contributed by atoms with van der Waals surface area (Å²) in [5, 5.41) is 23.9. The summed E-state index contributed by atoms with van der Waals surface area (Å²) in [7, 11) is 1.71. The van der Waals surface area contributed by atoms with Crippen LogP contribution in [0.25, 0.3) is 11.8 Å². The highest BCUT2D eigenvalue weighted by Crippen LogP contribution is 2.28. The second-order valence-corrected chi connectivity index (χ2v) is 10.4. The number of thiazole rings is 1. The molecule has 1 fully saturated rings. The molecule has 2 aromatic carbocycles. The fourth-order valence-electron chi connectivity index (χ4n) is 4.75. The van der Waals surface area contributed by atoms with Gasteiger partial charge in [0.2, 0.25) is 0 Å². The van der Waals surface area contributed by atoms with E-state index in [4.69, 9.17) is 10.00 Å². The number of hydrogen-bond donors (Lipinski definition) is 2. The number of para-hydroxylation sites is 2. The van der Waals surface area contributed by atoms with Crippen molar-refractivity contribution in [3.05, 3.63) is 73.6 Å². The molecule has 1 amide bonds. The highest BCUT2D eigenvalue weighted by atomic mass is 32.1. The summed E-state index contributed by atoms with van der Waals surface area (Å²) >= 11 is 1.07. The number of nitrogens with one attached hydrogen (secondary N) is 2. The zero-order valence-electron chi connectivity index (χ0n) is 23.2. The van der Waals surface area contributed by atoms with Gasteiger partial charge in [0.1, 0.15) is 27.6 Å². The van der Waals surface area contributed by atoms with E-state index in [9.17, 15) is 14.9 Å². The summed E-state index contributed by atoms with van der Waals surface area (Å²) < 4.78 is 7.56. The van der Waals surface area contributed by atoms with Crippen molar-refractivity contribution in [1.29, 1.82) is 10.5 Å². The lowest BCUT2D eigenvalue weighted by atomic mass is 10.1. The number of benzene rings is 2. The number of hydrogen-bond acceptors (Lipinski definition) is 9. The predicted octanol–water partition coefficient (Wildman–Crippen LogP) is 1.47. The van der Waals surface area contributed by atoms with Gasteiger partial charge in [-0.1, -0.05) is 24.3 Å². The van der Waals surface area contributed by atoms with Crippen LogP contribution in [0.5, 0.6) is 5.75 Å². The molecule has 10 nitrogen and oxygen atoms in total. The van der Waals surface area contributed by atoms with Gasteiger partial charge in [-0.3, -0.25) is 19.1 Å². The molecule has 0 atom stereocenters. The molecule has 0 radical (unpaired) electrons. The highest BCUT2D eigenvalue weighted by Gasteiger charge is 2.19. The van der Waals surface area contributed by atoms with Crippen molar-refractivity contribution in [2.45, 2.75) is 19.9 Å². The Morgan fingerprint density at radius 1 is 1.12 bits per heavy atom. The van der Waals surface area contributed by atoms with Crippen molar-refractivity contribution in [3.8, 4) is 17.9 Å². The third-order valence-electron chi connectivity index (χ3n) is 6.92.